The van der Waals surface area contributed by atoms with Crippen molar-refractivity contribution < 1.29 is 19.7 Å². The molecule has 0 spiro atoms. The minimum atomic E-state index is -1.24. The van der Waals surface area contributed by atoms with E-state index in [1.165, 1.54) is 12.8 Å². The number of ketones is 1. The Labute approximate surface area is 156 Å². The lowest BCUT2D eigenvalue weighted by Crippen LogP contribution is -2.53. The van der Waals surface area contributed by atoms with Crippen LogP contribution in [0.3, 0.4) is 0 Å². The summed E-state index contributed by atoms with van der Waals surface area (Å²) in [5.41, 5.74) is -0.699. The van der Waals surface area contributed by atoms with E-state index in [1.807, 2.05) is 0 Å². The zero-order chi connectivity index (χ0) is 18.6. The number of aliphatic hydroxyl groups is 2. The molecule has 0 amide bonds. The predicted molar refractivity (Wildman–Crippen MR) is 101 cm³/mol. The second-order valence-electron chi connectivity index (χ2n) is 8.07. The molecule has 0 aromatic heterocycles. The summed E-state index contributed by atoms with van der Waals surface area (Å²) in [5, 5.41) is 21.1. The molecule has 1 atom stereocenters. The molecule has 2 aliphatic rings. The Morgan fingerprint density at radius 2 is 1.42 bits per heavy atom. The van der Waals surface area contributed by atoms with E-state index in [0.717, 1.165) is 51.4 Å². The van der Waals surface area contributed by atoms with Gasteiger partial charge in [0.2, 0.25) is 0 Å². The van der Waals surface area contributed by atoms with Crippen molar-refractivity contribution in [1.82, 2.24) is 0 Å². The lowest BCUT2D eigenvalue weighted by atomic mass is 9.63. The number of benzene rings is 1. The fraction of sp³-hybridized carbons (Fsp3) is 0.682. The third-order valence-corrected chi connectivity index (χ3v) is 6.24. The van der Waals surface area contributed by atoms with Gasteiger partial charge < -0.3 is 14.9 Å². The maximum absolute atomic E-state index is 13.5. The van der Waals surface area contributed by atoms with Crippen LogP contribution >= 0.6 is 0 Å². The smallest absolute Gasteiger partial charge is 0.194 e. The Hall–Kier alpha value is -1.39. The average Bonchev–Trinajstić information content (AvgIpc) is 2.68. The van der Waals surface area contributed by atoms with Gasteiger partial charge in [-0.2, -0.15) is 0 Å². The molecular formula is C22H32O4. The lowest BCUT2D eigenvalue weighted by molar-refractivity contribution is -0.0625. The Morgan fingerprint density at radius 3 is 1.85 bits per heavy atom. The summed E-state index contributed by atoms with van der Waals surface area (Å²) in [6.07, 6.45) is 9.73. The highest BCUT2D eigenvalue weighted by atomic mass is 16.6. The maximum Gasteiger partial charge on any atom is 0.194 e. The van der Waals surface area contributed by atoms with Gasteiger partial charge in [0.1, 0.15) is 11.4 Å². The first-order chi connectivity index (χ1) is 12.5. The summed E-state index contributed by atoms with van der Waals surface area (Å²) in [4.78, 5) is 13.5. The van der Waals surface area contributed by atoms with E-state index < -0.39 is 11.9 Å². The van der Waals surface area contributed by atoms with Crippen LogP contribution in [-0.2, 0) is 0 Å². The molecule has 0 radical (unpaired) electrons. The van der Waals surface area contributed by atoms with E-state index in [2.05, 4.69) is 0 Å². The highest BCUT2D eigenvalue weighted by Crippen LogP contribution is 2.44. The number of aliphatic hydroxyl groups excluding tert-OH is 1. The monoisotopic (exact) mass is 360 g/mol. The van der Waals surface area contributed by atoms with Crippen molar-refractivity contribution in [2.75, 3.05) is 0 Å². The molecule has 0 aliphatic heterocycles. The van der Waals surface area contributed by atoms with E-state index in [9.17, 15) is 15.0 Å². The number of hydrogen-bond acceptors (Lipinski definition) is 4. The Balaban J connectivity index is 1.86. The van der Waals surface area contributed by atoms with E-state index >= 15 is 0 Å². The van der Waals surface area contributed by atoms with Gasteiger partial charge in [-0.15, -0.1) is 0 Å². The normalized spacial score (nSPS) is 21.3. The Morgan fingerprint density at radius 1 is 0.962 bits per heavy atom. The number of carbonyl (C=O) groups excluding carboxylic acids is 1. The summed E-state index contributed by atoms with van der Waals surface area (Å²) < 4.78 is 5.25. The van der Waals surface area contributed by atoms with Crippen molar-refractivity contribution in [3.8, 4) is 5.75 Å². The van der Waals surface area contributed by atoms with E-state index in [0.29, 0.717) is 11.3 Å². The molecule has 4 nitrogen and oxygen atoms in total. The molecule has 2 fully saturated rings. The molecule has 0 bridgehead atoms. The van der Waals surface area contributed by atoms with Crippen molar-refractivity contribution in [2.24, 2.45) is 11.8 Å². The zero-order valence-corrected chi connectivity index (χ0v) is 15.8. The van der Waals surface area contributed by atoms with E-state index in [4.69, 9.17) is 4.74 Å². The van der Waals surface area contributed by atoms with Crippen molar-refractivity contribution in [3.63, 3.8) is 0 Å². The second-order valence-corrected chi connectivity index (χ2v) is 8.07. The average molecular weight is 360 g/mol. The fourth-order valence-electron chi connectivity index (χ4n) is 4.90. The van der Waals surface area contributed by atoms with Crippen LogP contribution in [0.25, 0.3) is 0 Å². The van der Waals surface area contributed by atoms with Crippen molar-refractivity contribution in [3.05, 3.63) is 29.8 Å². The number of Topliss-reactive ketones (excluding diaryl/α,β-unsaturated/α-hetero) is 1. The first kappa shape index (κ1) is 19.4. The molecular weight excluding hydrogens is 328 g/mol. The standard InChI is InChI=1S/C22H32O4/c1-16(23)26-20-14-12-17(13-15-20)21(24)22(25,18-8-4-2-5-9-18)19-10-6-3-7-11-19/h12-16,18-19,23,25H,2-11H2,1H3. The largest absolute Gasteiger partial charge is 0.465 e. The van der Waals surface area contributed by atoms with Crippen LogP contribution in [0.2, 0.25) is 0 Å². The molecule has 1 aromatic rings. The summed E-state index contributed by atoms with van der Waals surface area (Å²) in [5.74, 6) is 0.538. The van der Waals surface area contributed by atoms with Crippen LogP contribution in [0.4, 0.5) is 0 Å². The van der Waals surface area contributed by atoms with E-state index in [-0.39, 0.29) is 17.6 Å². The van der Waals surface area contributed by atoms with Crippen LogP contribution in [0, 0.1) is 11.8 Å². The van der Waals surface area contributed by atoms with Gasteiger partial charge in [0.05, 0.1) is 0 Å². The zero-order valence-electron chi connectivity index (χ0n) is 15.8. The summed E-state index contributed by atoms with van der Waals surface area (Å²) >= 11 is 0. The van der Waals surface area contributed by atoms with Crippen LogP contribution in [0.1, 0.15) is 81.5 Å². The van der Waals surface area contributed by atoms with Gasteiger partial charge in [0.15, 0.2) is 12.1 Å². The fourth-order valence-corrected chi connectivity index (χ4v) is 4.90. The molecule has 2 saturated carbocycles. The summed E-state index contributed by atoms with van der Waals surface area (Å²) in [7, 11) is 0. The molecule has 0 saturated heterocycles. The first-order valence-corrected chi connectivity index (χ1v) is 10.2. The Kier molecular flexibility index (Phi) is 6.36. The number of rotatable bonds is 6. The van der Waals surface area contributed by atoms with Crippen molar-refractivity contribution >= 4 is 5.78 Å². The molecule has 2 N–H and O–H groups in total. The Bertz CT molecular complexity index is 563. The molecule has 1 aromatic carbocycles. The maximum atomic E-state index is 13.5. The molecule has 26 heavy (non-hydrogen) atoms. The predicted octanol–water partition coefficient (Wildman–Crippen LogP) is 4.48. The molecule has 1 unspecified atom stereocenters. The topological polar surface area (TPSA) is 66.8 Å². The van der Waals surface area contributed by atoms with Gasteiger partial charge in [-0.1, -0.05) is 38.5 Å². The molecule has 3 rings (SSSR count). The lowest BCUT2D eigenvalue weighted by Gasteiger charge is -2.44. The number of hydrogen-bond donors (Lipinski definition) is 2. The highest BCUT2D eigenvalue weighted by Gasteiger charge is 2.49. The van der Waals surface area contributed by atoms with Gasteiger partial charge in [0.25, 0.3) is 0 Å². The van der Waals surface area contributed by atoms with Crippen LogP contribution < -0.4 is 4.74 Å². The highest BCUT2D eigenvalue weighted by molar-refractivity contribution is 6.03. The van der Waals surface area contributed by atoms with Gasteiger partial charge in [-0.3, -0.25) is 4.79 Å². The van der Waals surface area contributed by atoms with E-state index in [1.54, 1.807) is 31.2 Å². The second kappa shape index (κ2) is 8.53. The first-order valence-electron chi connectivity index (χ1n) is 10.2. The minimum Gasteiger partial charge on any atom is -0.465 e. The van der Waals surface area contributed by atoms with Gasteiger partial charge >= 0.3 is 0 Å². The van der Waals surface area contributed by atoms with Crippen LogP contribution in [0.15, 0.2) is 24.3 Å². The van der Waals surface area contributed by atoms with Gasteiger partial charge in [-0.05, 0) is 68.7 Å². The number of carbonyl (C=O) groups is 1. The molecule has 144 valence electrons. The summed E-state index contributed by atoms with van der Waals surface area (Å²) in [6.45, 7) is 1.55. The van der Waals surface area contributed by atoms with Crippen LogP contribution in [-0.4, -0.2) is 27.9 Å². The summed E-state index contributed by atoms with van der Waals surface area (Å²) in [6, 6.07) is 6.83. The van der Waals surface area contributed by atoms with Crippen molar-refractivity contribution in [1.29, 1.82) is 0 Å². The third kappa shape index (κ3) is 4.12. The SMILES string of the molecule is CC(O)Oc1ccc(C(=O)C(O)(C2CCCCC2)C2CCCCC2)cc1. The van der Waals surface area contributed by atoms with Gasteiger partial charge in [0, 0.05) is 5.56 Å². The van der Waals surface area contributed by atoms with Crippen molar-refractivity contribution in [2.45, 2.75) is 83.0 Å². The van der Waals surface area contributed by atoms with Crippen LogP contribution in [0.5, 0.6) is 5.75 Å². The molecule has 4 heteroatoms. The third-order valence-electron chi connectivity index (χ3n) is 6.24. The number of ether oxygens (including phenoxy) is 1. The molecule has 2 aliphatic carbocycles. The van der Waals surface area contributed by atoms with Gasteiger partial charge in [-0.25, -0.2) is 0 Å². The quantitative estimate of drug-likeness (QED) is 0.580. The minimum absolute atomic E-state index is 0.0697. The molecule has 0 heterocycles.